The Morgan fingerprint density at radius 3 is 2.39 bits per heavy atom. The van der Waals surface area contributed by atoms with Gasteiger partial charge in [-0.1, -0.05) is 35.9 Å². The van der Waals surface area contributed by atoms with Gasteiger partial charge in [-0.15, -0.1) is 0 Å². The van der Waals surface area contributed by atoms with Crippen LogP contribution in [0.3, 0.4) is 0 Å². The molecule has 2 aromatic rings. The van der Waals surface area contributed by atoms with E-state index in [2.05, 4.69) is 5.32 Å². The van der Waals surface area contributed by atoms with Crippen LogP contribution in [-0.2, 0) is 0 Å². The van der Waals surface area contributed by atoms with Gasteiger partial charge in [0.25, 0.3) is 0 Å². The van der Waals surface area contributed by atoms with E-state index in [9.17, 15) is 10.2 Å². The molecule has 94 valence electrons. The Balaban J connectivity index is 2.37. The van der Waals surface area contributed by atoms with E-state index in [1.54, 1.807) is 18.2 Å². The van der Waals surface area contributed by atoms with Gasteiger partial charge in [0.1, 0.15) is 0 Å². The predicted octanol–water partition coefficient (Wildman–Crippen LogP) is 3.38. The predicted molar refractivity (Wildman–Crippen MR) is 73.1 cm³/mol. The molecule has 0 aromatic heterocycles. The summed E-state index contributed by atoms with van der Waals surface area (Å²) in [5.74, 6) is 0. The summed E-state index contributed by atoms with van der Waals surface area (Å²) in [5.41, 5.74) is 2.84. The van der Waals surface area contributed by atoms with Gasteiger partial charge < -0.3 is 15.5 Å². The van der Waals surface area contributed by atoms with Crippen molar-refractivity contribution < 1.29 is 10.2 Å². The zero-order valence-electron chi connectivity index (χ0n) is 9.89. The Labute approximate surface area is 111 Å². The molecule has 3 nitrogen and oxygen atoms in total. The monoisotopic (exact) mass is 263 g/mol. The molecule has 0 unspecified atom stereocenters. The number of aliphatic hydroxyl groups excluding tert-OH is 1. The van der Waals surface area contributed by atoms with Gasteiger partial charge in [-0.05, 0) is 30.7 Å². The lowest BCUT2D eigenvalue weighted by atomic mass is 10.1. The average Bonchev–Trinajstić information content (AvgIpc) is 2.35. The summed E-state index contributed by atoms with van der Waals surface area (Å²) >= 11 is 6.04. The summed E-state index contributed by atoms with van der Waals surface area (Å²) in [5, 5.41) is 22.4. The molecule has 0 aliphatic heterocycles. The second-order valence-electron chi connectivity index (χ2n) is 4.00. The van der Waals surface area contributed by atoms with Crippen LogP contribution >= 0.6 is 11.6 Å². The first-order chi connectivity index (χ1) is 8.59. The molecule has 3 N–H and O–H groups in total. The normalized spacial score (nSPS) is 10.7. The summed E-state index contributed by atoms with van der Waals surface area (Å²) in [7, 11) is 0. The molecule has 2 rings (SSSR count). The maximum Gasteiger partial charge on any atom is 0.180 e. The van der Waals surface area contributed by atoms with Gasteiger partial charge in [0.15, 0.2) is 6.29 Å². The van der Waals surface area contributed by atoms with E-state index in [4.69, 9.17) is 11.6 Å². The van der Waals surface area contributed by atoms with Crippen molar-refractivity contribution in [1.29, 1.82) is 0 Å². The van der Waals surface area contributed by atoms with Crippen LogP contribution in [0.2, 0.25) is 5.02 Å². The molecule has 0 aliphatic rings. The molecule has 0 amide bonds. The van der Waals surface area contributed by atoms with E-state index in [0.717, 1.165) is 11.3 Å². The fourth-order valence-electron chi connectivity index (χ4n) is 1.72. The standard InChI is InChI=1S/C14H14ClNO2/c1-9-11(15)6-4-8-12(9)16-13-7-3-2-5-10(13)14(17)18/h2-8,14,16-18H,1H3. The minimum atomic E-state index is -1.51. The Morgan fingerprint density at radius 2 is 1.67 bits per heavy atom. The number of para-hydroxylation sites is 1. The molecule has 0 saturated carbocycles. The Bertz CT molecular complexity index is 555. The van der Waals surface area contributed by atoms with Crippen LogP contribution in [0.25, 0.3) is 0 Å². The highest BCUT2D eigenvalue weighted by Gasteiger charge is 2.10. The van der Waals surface area contributed by atoms with Crippen LogP contribution in [0.5, 0.6) is 0 Å². The summed E-state index contributed by atoms with van der Waals surface area (Å²) in [6.07, 6.45) is -1.51. The van der Waals surface area contributed by atoms with Gasteiger partial charge >= 0.3 is 0 Å². The molecular formula is C14H14ClNO2. The molecule has 0 saturated heterocycles. The van der Waals surface area contributed by atoms with Crippen molar-refractivity contribution in [1.82, 2.24) is 0 Å². The zero-order valence-corrected chi connectivity index (χ0v) is 10.6. The average molecular weight is 264 g/mol. The highest BCUT2D eigenvalue weighted by Crippen LogP contribution is 2.29. The number of hydrogen-bond acceptors (Lipinski definition) is 3. The van der Waals surface area contributed by atoms with E-state index in [-0.39, 0.29) is 0 Å². The third kappa shape index (κ3) is 2.64. The molecule has 0 spiro atoms. The number of benzene rings is 2. The second-order valence-corrected chi connectivity index (χ2v) is 4.41. The van der Waals surface area contributed by atoms with Crippen molar-refractivity contribution in [3.63, 3.8) is 0 Å². The minimum Gasteiger partial charge on any atom is -0.364 e. The van der Waals surface area contributed by atoms with Gasteiger partial charge in [-0.3, -0.25) is 0 Å². The Morgan fingerprint density at radius 1 is 1.00 bits per heavy atom. The van der Waals surface area contributed by atoms with Gasteiger partial charge in [-0.25, -0.2) is 0 Å². The molecular weight excluding hydrogens is 250 g/mol. The molecule has 2 aromatic carbocycles. The first-order valence-electron chi connectivity index (χ1n) is 5.57. The lowest BCUT2D eigenvalue weighted by Crippen LogP contribution is -2.02. The third-order valence-electron chi connectivity index (χ3n) is 2.78. The highest BCUT2D eigenvalue weighted by molar-refractivity contribution is 6.31. The summed E-state index contributed by atoms with van der Waals surface area (Å²) in [6, 6.07) is 12.6. The number of hydrogen-bond donors (Lipinski definition) is 3. The smallest absolute Gasteiger partial charge is 0.180 e. The topological polar surface area (TPSA) is 52.5 Å². The summed E-state index contributed by atoms with van der Waals surface area (Å²) in [4.78, 5) is 0. The van der Waals surface area contributed by atoms with E-state index in [1.807, 2.05) is 31.2 Å². The van der Waals surface area contributed by atoms with E-state index < -0.39 is 6.29 Å². The van der Waals surface area contributed by atoms with Crippen molar-refractivity contribution in [2.75, 3.05) is 5.32 Å². The van der Waals surface area contributed by atoms with Crippen molar-refractivity contribution in [3.8, 4) is 0 Å². The number of nitrogens with one attached hydrogen (secondary N) is 1. The number of rotatable bonds is 3. The fourth-order valence-corrected chi connectivity index (χ4v) is 1.90. The largest absolute Gasteiger partial charge is 0.364 e. The first-order valence-corrected chi connectivity index (χ1v) is 5.94. The molecule has 0 fully saturated rings. The van der Waals surface area contributed by atoms with Gasteiger partial charge in [-0.2, -0.15) is 0 Å². The maximum atomic E-state index is 9.30. The first kappa shape index (κ1) is 12.9. The van der Waals surface area contributed by atoms with E-state index in [0.29, 0.717) is 16.3 Å². The van der Waals surface area contributed by atoms with Crippen molar-refractivity contribution >= 4 is 23.0 Å². The quantitative estimate of drug-likeness (QED) is 0.744. The van der Waals surface area contributed by atoms with Crippen LogP contribution in [-0.4, -0.2) is 10.2 Å². The molecule has 0 atom stereocenters. The maximum absolute atomic E-state index is 9.30. The Kier molecular flexibility index (Phi) is 3.87. The van der Waals surface area contributed by atoms with Crippen LogP contribution in [0.15, 0.2) is 42.5 Å². The Hall–Kier alpha value is -1.55. The number of anilines is 2. The molecule has 0 radical (unpaired) electrons. The van der Waals surface area contributed by atoms with Crippen molar-refractivity contribution in [2.45, 2.75) is 13.2 Å². The van der Waals surface area contributed by atoms with Crippen LogP contribution in [0.4, 0.5) is 11.4 Å². The van der Waals surface area contributed by atoms with E-state index >= 15 is 0 Å². The van der Waals surface area contributed by atoms with Gasteiger partial charge in [0.05, 0.1) is 0 Å². The van der Waals surface area contributed by atoms with Crippen LogP contribution < -0.4 is 5.32 Å². The lowest BCUT2D eigenvalue weighted by molar-refractivity contribution is -0.0418. The summed E-state index contributed by atoms with van der Waals surface area (Å²) < 4.78 is 0. The molecule has 0 heterocycles. The SMILES string of the molecule is Cc1c(Cl)cccc1Nc1ccccc1C(O)O. The van der Waals surface area contributed by atoms with Gasteiger partial charge in [0.2, 0.25) is 0 Å². The molecule has 0 bridgehead atoms. The lowest BCUT2D eigenvalue weighted by Gasteiger charge is -2.15. The fraction of sp³-hybridized carbons (Fsp3) is 0.143. The molecule has 4 heteroatoms. The third-order valence-corrected chi connectivity index (χ3v) is 3.19. The van der Waals surface area contributed by atoms with Crippen molar-refractivity contribution in [2.24, 2.45) is 0 Å². The second kappa shape index (κ2) is 5.40. The number of aliphatic hydroxyl groups is 2. The van der Waals surface area contributed by atoms with E-state index in [1.165, 1.54) is 0 Å². The van der Waals surface area contributed by atoms with Crippen molar-refractivity contribution in [3.05, 3.63) is 58.6 Å². The van der Waals surface area contributed by atoms with Gasteiger partial charge in [0, 0.05) is 22.0 Å². The molecule has 18 heavy (non-hydrogen) atoms. The van der Waals surface area contributed by atoms with Crippen LogP contribution in [0.1, 0.15) is 17.4 Å². The molecule has 0 aliphatic carbocycles. The van der Waals surface area contributed by atoms with Crippen LogP contribution in [0, 0.1) is 6.92 Å². The highest BCUT2D eigenvalue weighted by atomic mass is 35.5. The summed E-state index contributed by atoms with van der Waals surface area (Å²) in [6.45, 7) is 1.91. The zero-order chi connectivity index (χ0) is 13.1. The minimum absolute atomic E-state index is 0.428. The number of halogens is 1.